The van der Waals surface area contributed by atoms with Gasteiger partial charge >= 0.3 is 11.3 Å². The van der Waals surface area contributed by atoms with Crippen molar-refractivity contribution in [3.63, 3.8) is 0 Å². The highest BCUT2D eigenvalue weighted by atomic mass is 35.5. The van der Waals surface area contributed by atoms with Crippen LogP contribution < -0.4 is 0 Å². The molecule has 0 aromatic rings. The van der Waals surface area contributed by atoms with Gasteiger partial charge in [0.1, 0.15) is 6.04 Å². The van der Waals surface area contributed by atoms with Crippen LogP contribution in [0.2, 0.25) is 0 Å². The number of ether oxygens (including phenoxy) is 2. The Morgan fingerprint density at radius 1 is 1.62 bits per heavy atom. The van der Waals surface area contributed by atoms with E-state index in [-0.39, 0.29) is 12.5 Å². The van der Waals surface area contributed by atoms with Crippen molar-refractivity contribution in [3.05, 3.63) is 0 Å². The highest BCUT2D eigenvalue weighted by Gasteiger charge is 2.37. The summed E-state index contributed by atoms with van der Waals surface area (Å²) in [7, 11) is 1.50. The average Bonchev–Trinajstić information content (AvgIpc) is 2.71. The molecule has 1 aliphatic rings. The van der Waals surface area contributed by atoms with Gasteiger partial charge in [0.05, 0.1) is 13.2 Å². The number of esters is 1. The van der Waals surface area contributed by atoms with Gasteiger partial charge in [0.25, 0.3) is 0 Å². The van der Waals surface area contributed by atoms with Crippen molar-refractivity contribution in [1.29, 1.82) is 0 Å². The molecule has 1 saturated heterocycles. The zero-order valence-corrected chi connectivity index (χ0v) is 10.2. The lowest BCUT2D eigenvalue weighted by atomic mass is 9.98. The SMILES string of the molecule is CCOC(=O)[C@H](C1CCOC1)N(C)C(=O)Cl. The van der Waals surface area contributed by atoms with E-state index in [4.69, 9.17) is 21.1 Å². The fraction of sp³-hybridized carbons (Fsp3) is 0.800. The van der Waals surface area contributed by atoms with Crippen molar-refractivity contribution in [3.8, 4) is 0 Å². The van der Waals surface area contributed by atoms with Gasteiger partial charge in [0.15, 0.2) is 0 Å². The number of likely N-dealkylation sites (N-methyl/N-ethyl adjacent to an activating group) is 1. The molecule has 1 fully saturated rings. The Labute approximate surface area is 99.6 Å². The van der Waals surface area contributed by atoms with Crippen molar-refractivity contribution < 1.29 is 19.1 Å². The Balaban J connectivity index is 2.74. The summed E-state index contributed by atoms with van der Waals surface area (Å²) < 4.78 is 10.1. The summed E-state index contributed by atoms with van der Waals surface area (Å²) in [4.78, 5) is 24.0. The smallest absolute Gasteiger partial charge is 0.329 e. The Hall–Kier alpha value is -0.810. The first-order chi connectivity index (χ1) is 7.57. The third kappa shape index (κ3) is 3.09. The van der Waals surface area contributed by atoms with Gasteiger partial charge < -0.3 is 14.4 Å². The minimum atomic E-state index is -0.662. The minimum absolute atomic E-state index is 0.0354. The lowest BCUT2D eigenvalue weighted by Crippen LogP contribution is -2.46. The standard InChI is InChI=1S/C10H16ClNO4/c1-3-16-9(13)8(12(2)10(11)14)7-4-5-15-6-7/h7-8H,3-6H2,1-2H3/t7?,8-/m0/s1. The van der Waals surface area contributed by atoms with Crippen molar-refractivity contribution in [2.75, 3.05) is 26.9 Å². The number of halogens is 1. The van der Waals surface area contributed by atoms with E-state index in [1.54, 1.807) is 6.92 Å². The maximum Gasteiger partial charge on any atom is 0.329 e. The molecule has 5 nitrogen and oxygen atoms in total. The highest BCUT2D eigenvalue weighted by molar-refractivity contribution is 6.62. The van der Waals surface area contributed by atoms with Gasteiger partial charge in [-0.1, -0.05) is 0 Å². The molecule has 0 saturated carbocycles. The molecule has 0 aliphatic carbocycles. The van der Waals surface area contributed by atoms with Crippen molar-refractivity contribution in [2.45, 2.75) is 19.4 Å². The van der Waals surface area contributed by atoms with Crippen LogP contribution in [0.4, 0.5) is 4.79 Å². The molecule has 0 N–H and O–H groups in total. The van der Waals surface area contributed by atoms with Crippen molar-refractivity contribution in [1.82, 2.24) is 4.90 Å². The van der Waals surface area contributed by atoms with Gasteiger partial charge in [-0.2, -0.15) is 0 Å². The first kappa shape index (κ1) is 13.3. The van der Waals surface area contributed by atoms with Gasteiger partial charge in [0, 0.05) is 19.6 Å². The maximum atomic E-state index is 11.7. The predicted octanol–water partition coefficient (Wildman–Crippen LogP) is 1.25. The van der Waals surface area contributed by atoms with Crippen LogP contribution >= 0.6 is 11.6 Å². The van der Waals surface area contributed by atoms with E-state index in [0.717, 1.165) is 6.42 Å². The Morgan fingerprint density at radius 2 is 2.31 bits per heavy atom. The van der Waals surface area contributed by atoms with Gasteiger partial charge in [-0.15, -0.1) is 0 Å². The number of carbonyl (C=O) groups excluding carboxylic acids is 2. The summed E-state index contributed by atoms with van der Waals surface area (Å²) in [5.74, 6) is -0.457. The van der Waals surface area contributed by atoms with E-state index in [2.05, 4.69) is 0 Å². The van der Waals surface area contributed by atoms with E-state index in [9.17, 15) is 9.59 Å². The number of rotatable bonds is 4. The van der Waals surface area contributed by atoms with E-state index < -0.39 is 17.4 Å². The van der Waals surface area contributed by atoms with E-state index in [1.807, 2.05) is 0 Å². The fourth-order valence-electron chi connectivity index (χ4n) is 1.81. The number of hydrogen-bond acceptors (Lipinski definition) is 4. The maximum absolute atomic E-state index is 11.7. The summed E-state index contributed by atoms with van der Waals surface area (Å²) in [6.45, 7) is 3.07. The van der Waals surface area contributed by atoms with E-state index in [1.165, 1.54) is 11.9 Å². The predicted molar refractivity (Wildman–Crippen MR) is 58.4 cm³/mol. The second-order valence-electron chi connectivity index (χ2n) is 3.68. The van der Waals surface area contributed by atoms with Crippen LogP contribution in [0.5, 0.6) is 0 Å². The molecule has 92 valence electrons. The summed E-state index contributed by atoms with van der Waals surface area (Å²) in [6.07, 6.45) is 0.734. The Bertz CT molecular complexity index is 266. The largest absolute Gasteiger partial charge is 0.464 e. The van der Waals surface area contributed by atoms with Gasteiger partial charge in [-0.05, 0) is 24.9 Å². The van der Waals surface area contributed by atoms with Crippen LogP contribution in [0, 0.1) is 5.92 Å². The van der Waals surface area contributed by atoms with E-state index >= 15 is 0 Å². The quantitative estimate of drug-likeness (QED) is 0.427. The highest BCUT2D eigenvalue weighted by Crippen LogP contribution is 2.22. The molecule has 1 unspecified atom stereocenters. The molecular weight excluding hydrogens is 234 g/mol. The molecule has 0 bridgehead atoms. The average molecular weight is 250 g/mol. The summed E-state index contributed by atoms with van der Waals surface area (Å²) in [5.41, 5.74) is 0. The zero-order valence-electron chi connectivity index (χ0n) is 9.44. The summed E-state index contributed by atoms with van der Waals surface area (Å²) in [6, 6.07) is -0.646. The second-order valence-corrected chi connectivity index (χ2v) is 4.01. The number of carbonyl (C=O) groups is 2. The number of hydrogen-bond donors (Lipinski definition) is 0. The van der Waals surface area contributed by atoms with Crippen LogP contribution in [0.15, 0.2) is 0 Å². The van der Waals surface area contributed by atoms with Crippen molar-refractivity contribution in [2.24, 2.45) is 5.92 Å². The first-order valence-electron chi connectivity index (χ1n) is 5.24. The molecule has 6 heteroatoms. The molecular formula is C10H16ClNO4. The zero-order chi connectivity index (χ0) is 12.1. The topological polar surface area (TPSA) is 55.8 Å². The normalized spacial score (nSPS) is 21.6. The molecule has 1 aliphatic heterocycles. The molecule has 1 amide bonds. The fourth-order valence-corrected chi connectivity index (χ4v) is 1.91. The van der Waals surface area contributed by atoms with E-state index in [0.29, 0.717) is 13.2 Å². The van der Waals surface area contributed by atoms with Crippen LogP contribution in [-0.2, 0) is 14.3 Å². The molecule has 0 spiro atoms. The Kier molecular flexibility index (Phi) is 5.02. The molecule has 0 aromatic heterocycles. The second kappa shape index (κ2) is 6.06. The third-order valence-corrected chi connectivity index (χ3v) is 2.90. The van der Waals surface area contributed by atoms with Crippen LogP contribution in [0.1, 0.15) is 13.3 Å². The molecule has 2 atom stereocenters. The third-order valence-electron chi connectivity index (χ3n) is 2.63. The number of nitrogens with zero attached hydrogens (tertiary/aromatic N) is 1. The Morgan fingerprint density at radius 3 is 2.75 bits per heavy atom. The minimum Gasteiger partial charge on any atom is -0.464 e. The monoisotopic (exact) mass is 249 g/mol. The lowest BCUT2D eigenvalue weighted by molar-refractivity contribution is -0.149. The lowest BCUT2D eigenvalue weighted by Gasteiger charge is -2.28. The first-order valence-corrected chi connectivity index (χ1v) is 5.62. The molecule has 0 aromatic carbocycles. The van der Waals surface area contributed by atoms with Crippen LogP contribution in [0.25, 0.3) is 0 Å². The van der Waals surface area contributed by atoms with Gasteiger partial charge in [-0.25, -0.2) is 4.79 Å². The van der Waals surface area contributed by atoms with Crippen LogP contribution in [0.3, 0.4) is 0 Å². The molecule has 1 heterocycles. The number of amides is 1. The molecule has 16 heavy (non-hydrogen) atoms. The van der Waals surface area contributed by atoms with Crippen LogP contribution in [-0.4, -0.2) is 49.1 Å². The van der Waals surface area contributed by atoms with Gasteiger partial charge in [-0.3, -0.25) is 4.79 Å². The van der Waals surface area contributed by atoms with Crippen molar-refractivity contribution >= 4 is 22.9 Å². The summed E-state index contributed by atoms with van der Waals surface area (Å²) in [5, 5.41) is -0.662. The molecule has 1 rings (SSSR count). The molecule has 0 radical (unpaired) electrons. The van der Waals surface area contributed by atoms with Gasteiger partial charge in [0.2, 0.25) is 0 Å². The summed E-state index contributed by atoms with van der Waals surface area (Å²) >= 11 is 5.38.